The van der Waals surface area contributed by atoms with Crippen molar-refractivity contribution in [3.05, 3.63) is 54.0 Å². The van der Waals surface area contributed by atoms with Gasteiger partial charge >= 0.3 is 0 Å². The van der Waals surface area contributed by atoms with Gasteiger partial charge in [-0.15, -0.1) is 0 Å². The minimum absolute atomic E-state index is 0.00631. The molecule has 25 heavy (non-hydrogen) atoms. The molecular weight excluding hydrogens is 337 g/mol. The van der Waals surface area contributed by atoms with E-state index in [0.29, 0.717) is 23.2 Å². The molecule has 1 aliphatic carbocycles. The number of anilines is 1. The summed E-state index contributed by atoms with van der Waals surface area (Å²) < 4.78 is 18.5. The van der Waals surface area contributed by atoms with Crippen LogP contribution in [-0.2, 0) is 5.41 Å². The van der Waals surface area contributed by atoms with E-state index in [1.54, 1.807) is 13.3 Å². The van der Waals surface area contributed by atoms with Crippen LogP contribution < -0.4 is 15.4 Å². The zero-order valence-electron chi connectivity index (χ0n) is 14.2. The Balaban J connectivity index is 1.67. The Bertz CT molecular complexity index is 730. The van der Waals surface area contributed by atoms with Crippen molar-refractivity contribution >= 4 is 23.1 Å². The number of halogens is 1. The first-order valence-corrected chi connectivity index (χ1v) is 8.84. The number of benzene rings is 1. The van der Waals surface area contributed by atoms with Crippen LogP contribution in [0, 0.1) is 5.82 Å². The number of hydrogen-bond acceptors (Lipinski definition) is 3. The van der Waals surface area contributed by atoms with Gasteiger partial charge in [-0.1, -0.05) is 25.0 Å². The van der Waals surface area contributed by atoms with Crippen LogP contribution >= 0.6 is 12.2 Å². The van der Waals surface area contributed by atoms with E-state index in [-0.39, 0.29) is 11.2 Å². The highest BCUT2D eigenvalue weighted by Crippen LogP contribution is 2.40. The van der Waals surface area contributed by atoms with E-state index in [1.807, 2.05) is 24.3 Å². The van der Waals surface area contributed by atoms with Gasteiger partial charge in [0.25, 0.3) is 0 Å². The van der Waals surface area contributed by atoms with Gasteiger partial charge in [0.1, 0.15) is 5.82 Å². The van der Waals surface area contributed by atoms with Crippen LogP contribution in [-0.4, -0.2) is 23.8 Å². The molecule has 1 fully saturated rings. The van der Waals surface area contributed by atoms with E-state index in [1.165, 1.54) is 25.0 Å². The lowest BCUT2D eigenvalue weighted by Crippen LogP contribution is -2.40. The van der Waals surface area contributed by atoms with Gasteiger partial charge in [-0.05, 0) is 54.9 Å². The predicted octanol–water partition coefficient (Wildman–Crippen LogP) is 4.03. The summed E-state index contributed by atoms with van der Waals surface area (Å²) in [5.74, 6) is 1.02. The van der Waals surface area contributed by atoms with Crippen LogP contribution in [0.2, 0.25) is 0 Å². The summed E-state index contributed by atoms with van der Waals surface area (Å²) in [5, 5.41) is 6.90. The quantitative estimate of drug-likeness (QED) is 0.790. The van der Waals surface area contributed by atoms with E-state index in [2.05, 4.69) is 15.6 Å². The van der Waals surface area contributed by atoms with E-state index in [0.717, 1.165) is 18.4 Å². The van der Waals surface area contributed by atoms with Crippen molar-refractivity contribution < 1.29 is 9.13 Å². The minimum atomic E-state index is -0.204. The monoisotopic (exact) mass is 359 g/mol. The second-order valence-corrected chi connectivity index (χ2v) is 6.76. The van der Waals surface area contributed by atoms with Crippen LogP contribution in [0.1, 0.15) is 31.2 Å². The molecule has 6 heteroatoms. The number of rotatable bonds is 5. The molecule has 4 nitrogen and oxygen atoms in total. The van der Waals surface area contributed by atoms with Gasteiger partial charge in [0.05, 0.1) is 7.11 Å². The van der Waals surface area contributed by atoms with Crippen LogP contribution in [0.3, 0.4) is 0 Å². The zero-order chi connectivity index (χ0) is 17.7. The van der Waals surface area contributed by atoms with Crippen LogP contribution in [0.25, 0.3) is 0 Å². The summed E-state index contributed by atoms with van der Waals surface area (Å²) >= 11 is 5.42. The Morgan fingerprint density at radius 3 is 2.64 bits per heavy atom. The Kier molecular flexibility index (Phi) is 5.48. The van der Waals surface area contributed by atoms with Crippen molar-refractivity contribution in [2.75, 3.05) is 19.0 Å². The van der Waals surface area contributed by atoms with Crippen molar-refractivity contribution in [1.82, 2.24) is 10.3 Å². The number of aromatic nitrogens is 1. The van der Waals surface area contributed by atoms with Gasteiger partial charge in [0.15, 0.2) is 16.7 Å². The number of pyridine rings is 1. The molecule has 0 spiro atoms. The molecule has 0 atom stereocenters. The molecule has 0 unspecified atom stereocenters. The highest BCUT2D eigenvalue weighted by Gasteiger charge is 2.35. The van der Waals surface area contributed by atoms with E-state index in [9.17, 15) is 4.39 Å². The normalized spacial score (nSPS) is 15.6. The average molecular weight is 359 g/mol. The predicted molar refractivity (Wildman–Crippen MR) is 102 cm³/mol. The summed E-state index contributed by atoms with van der Waals surface area (Å²) in [6, 6.07) is 10.5. The molecule has 1 aromatic heterocycles. The van der Waals surface area contributed by atoms with Crippen LogP contribution in [0.4, 0.5) is 10.2 Å². The van der Waals surface area contributed by atoms with Gasteiger partial charge in [-0.25, -0.2) is 9.37 Å². The fourth-order valence-corrected chi connectivity index (χ4v) is 3.64. The first kappa shape index (κ1) is 17.6. The Morgan fingerprint density at radius 2 is 1.96 bits per heavy atom. The number of nitrogens with zero attached hydrogens (tertiary/aromatic N) is 1. The lowest BCUT2D eigenvalue weighted by atomic mass is 9.79. The molecule has 1 heterocycles. The molecule has 0 aliphatic heterocycles. The van der Waals surface area contributed by atoms with Crippen molar-refractivity contribution in [2.24, 2.45) is 0 Å². The largest absolute Gasteiger partial charge is 0.493 e. The number of hydrogen-bond donors (Lipinski definition) is 2. The molecule has 2 N–H and O–H groups in total. The molecule has 0 saturated heterocycles. The van der Waals surface area contributed by atoms with Crippen molar-refractivity contribution in [2.45, 2.75) is 31.1 Å². The fraction of sp³-hybridized carbons (Fsp3) is 0.368. The third kappa shape index (κ3) is 4.07. The number of ether oxygens (including phenoxy) is 1. The summed E-state index contributed by atoms with van der Waals surface area (Å²) in [5.41, 5.74) is 1.16. The molecule has 0 radical (unpaired) electrons. The molecule has 2 aromatic rings. The van der Waals surface area contributed by atoms with E-state index >= 15 is 0 Å². The van der Waals surface area contributed by atoms with Crippen molar-refractivity contribution in [3.8, 4) is 5.75 Å². The number of thiocarbonyl (C=S) groups is 1. The number of nitrogens with one attached hydrogen (secondary N) is 2. The average Bonchev–Trinajstić information content (AvgIpc) is 3.11. The van der Waals surface area contributed by atoms with Gasteiger partial charge in [0, 0.05) is 18.2 Å². The van der Waals surface area contributed by atoms with E-state index < -0.39 is 0 Å². The highest BCUT2D eigenvalue weighted by atomic mass is 32.1. The van der Waals surface area contributed by atoms with Crippen LogP contribution in [0.15, 0.2) is 42.6 Å². The molecule has 1 saturated carbocycles. The standard InChI is InChI=1S/C19H22FN3OS/c1-24-16-5-4-12-21-17(16)23-18(25)22-13-19(10-2-3-11-19)14-6-8-15(20)9-7-14/h4-9,12H,2-3,10-11,13H2,1H3,(H2,21,22,23,25). The van der Waals surface area contributed by atoms with Gasteiger partial charge in [-0.3, -0.25) is 0 Å². The topological polar surface area (TPSA) is 46.2 Å². The number of methoxy groups -OCH3 is 1. The fourth-order valence-electron chi connectivity index (χ4n) is 3.47. The Morgan fingerprint density at radius 1 is 1.24 bits per heavy atom. The summed E-state index contributed by atoms with van der Waals surface area (Å²) in [6.07, 6.45) is 6.17. The molecular formula is C19H22FN3OS. The minimum Gasteiger partial charge on any atom is -0.493 e. The summed E-state index contributed by atoms with van der Waals surface area (Å²) in [6.45, 7) is 0.708. The smallest absolute Gasteiger partial charge is 0.174 e. The highest BCUT2D eigenvalue weighted by molar-refractivity contribution is 7.80. The molecule has 3 rings (SSSR count). The first-order valence-electron chi connectivity index (χ1n) is 8.43. The summed E-state index contributed by atoms with van der Waals surface area (Å²) in [7, 11) is 1.60. The van der Waals surface area contributed by atoms with E-state index in [4.69, 9.17) is 17.0 Å². The maximum atomic E-state index is 13.3. The Hall–Kier alpha value is -2.21. The molecule has 1 aliphatic rings. The lowest BCUT2D eigenvalue weighted by molar-refractivity contribution is 0.415. The maximum Gasteiger partial charge on any atom is 0.174 e. The van der Waals surface area contributed by atoms with Gasteiger partial charge in [0.2, 0.25) is 0 Å². The van der Waals surface area contributed by atoms with Crippen molar-refractivity contribution in [1.29, 1.82) is 0 Å². The molecule has 132 valence electrons. The maximum absolute atomic E-state index is 13.3. The third-order valence-electron chi connectivity index (χ3n) is 4.83. The Labute approximate surface area is 152 Å². The molecule has 0 amide bonds. The SMILES string of the molecule is COc1cccnc1NC(=S)NCC1(c2ccc(F)cc2)CCCC1. The molecule has 0 bridgehead atoms. The summed E-state index contributed by atoms with van der Waals surface area (Å²) in [4.78, 5) is 4.25. The second kappa shape index (κ2) is 7.78. The lowest BCUT2D eigenvalue weighted by Gasteiger charge is -2.30. The van der Waals surface area contributed by atoms with Crippen molar-refractivity contribution in [3.63, 3.8) is 0 Å². The molecule has 1 aromatic carbocycles. The second-order valence-electron chi connectivity index (χ2n) is 6.36. The van der Waals surface area contributed by atoms with Gasteiger partial charge < -0.3 is 15.4 Å². The first-order chi connectivity index (χ1) is 12.1. The zero-order valence-corrected chi connectivity index (χ0v) is 15.0. The van der Waals surface area contributed by atoms with Gasteiger partial charge in [-0.2, -0.15) is 0 Å². The third-order valence-corrected chi connectivity index (χ3v) is 5.07. The van der Waals surface area contributed by atoms with Crippen LogP contribution in [0.5, 0.6) is 5.75 Å².